The zero-order chi connectivity index (χ0) is 19.4. The van der Waals surface area contributed by atoms with Crippen LogP contribution in [0.4, 0.5) is 9.80 Å². The molecule has 0 unspecified atom stereocenters. The normalized spacial score (nSPS) is 13.9. The Morgan fingerprint density at radius 2 is 1.89 bits per heavy atom. The molecular formula is C20H22N2O4S. The van der Waals surface area contributed by atoms with Crippen molar-refractivity contribution in [3.63, 3.8) is 0 Å². The Balaban J connectivity index is 1.73. The van der Waals surface area contributed by atoms with E-state index in [4.69, 9.17) is 4.74 Å². The van der Waals surface area contributed by atoms with Gasteiger partial charge in [-0.15, -0.1) is 11.3 Å². The summed E-state index contributed by atoms with van der Waals surface area (Å²) in [5.74, 6) is -0.438. The van der Waals surface area contributed by atoms with E-state index in [1.807, 2.05) is 19.1 Å². The molecule has 0 saturated carbocycles. The quantitative estimate of drug-likeness (QED) is 0.538. The van der Waals surface area contributed by atoms with Crippen molar-refractivity contribution in [2.45, 2.75) is 20.3 Å². The van der Waals surface area contributed by atoms with Crippen LogP contribution in [0.3, 0.4) is 0 Å². The number of carbonyl (C=O) groups is 3. The van der Waals surface area contributed by atoms with Crippen LogP contribution in [0.1, 0.15) is 39.4 Å². The van der Waals surface area contributed by atoms with Crippen LogP contribution in [-0.2, 0) is 11.2 Å². The van der Waals surface area contributed by atoms with Gasteiger partial charge < -0.3 is 9.64 Å². The molecule has 0 aliphatic carbocycles. The lowest BCUT2D eigenvalue weighted by atomic mass is 10.1. The number of carbonyl (C=O) groups excluding carboxylic acids is 3. The molecule has 1 aromatic carbocycles. The maximum atomic E-state index is 12.8. The Kier molecular flexibility index (Phi) is 5.91. The Labute approximate surface area is 162 Å². The van der Waals surface area contributed by atoms with Crippen LogP contribution in [0.25, 0.3) is 0 Å². The molecule has 3 rings (SSSR count). The van der Waals surface area contributed by atoms with Crippen molar-refractivity contribution in [1.82, 2.24) is 4.90 Å². The summed E-state index contributed by atoms with van der Waals surface area (Å²) in [4.78, 5) is 41.0. The number of thiophene rings is 1. The molecule has 0 radical (unpaired) electrons. The largest absolute Gasteiger partial charge is 0.462 e. The third-order valence-corrected chi connectivity index (χ3v) is 5.61. The number of Topliss-reactive ketones (excluding diaryl/α,β-unsaturated/α-hetero) is 1. The van der Waals surface area contributed by atoms with Gasteiger partial charge in [-0.3, -0.25) is 9.69 Å². The molecule has 0 atom stereocenters. The minimum absolute atomic E-state index is 0.0517. The van der Waals surface area contributed by atoms with Gasteiger partial charge in [-0.05, 0) is 25.0 Å². The predicted molar refractivity (Wildman–Crippen MR) is 105 cm³/mol. The van der Waals surface area contributed by atoms with Crippen molar-refractivity contribution in [1.29, 1.82) is 0 Å². The van der Waals surface area contributed by atoms with Crippen LogP contribution in [0.5, 0.6) is 0 Å². The van der Waals surface area contributed by atoms with Gasteiger partial charge in [0, 0.05) is 18.7 Å². The lowest BCUT2D eigenvalue weighted by Gasteiger charge is -2.16. The Bertz CT molecular complexity index is 847. The number of ketones is 1. The number of hydrogen-bond acceptors (Lipinski definition) is 5. The fourth-order valence-electron chi connectivity index (χ4n) is 3.00. The van der Waals surface area contributed by atoms with E-state index in [0.717, 1.165) is 10.6 Å². The maximum Gasteiger partial charge on any atom is 0.348 e. The number of anilines is 1. The Morgan fingerprint density at radius 3 is 2.56 bits per heavy atom. The van der Waals surface area contributed by atoms with Gasteiger partial charge in [-0.1, -0.05) is 37.3 Å². The molecule has 1 aliphatic rings. The molecule has 1 fully saturated rings. The van der Waals surface area contributed by atoms with Crippen LogP contribution in [-0.4, -0.2) is 48.9 Å². The first-order valence-corrected chi connectivity index (χ1v) is 9.81. The standard InChI is InChI=1S/C20H22N2O4S/c1-3-14-12-17(27-18(14)19(24)26-4-2)22-11-10-21(20(22)25)13-16(23)15-8-6-5-7-9-15/h5-9,12H,3-4,10-11,13H2,1-2H3. The highest BCUT2D eigenvalue weighted by Gasteiger charge is 2.33. The summed E-state index contributed by atoms with van der Waals surface area (Å²) in [6, 6.07) is 10.6. The molecule has 0 N–H and O–H groups in total. The number of benzene rings is 1. The van der Waals surface area contributed by atoms with E-state index >= 15 is 0 Å². The summed E-state index contributed by atoms with van der Waals surface area (Å²) in [5.41, 5.74) is 1.47. The molecule has 0 spiro atoms. The molecule has 1 aromatic heterocycles. The summed E-state index contributed by atoms with van der Waals surface area (Å²) in [6.45, 7) is 5.07. The van der Waals surface area contributed by atoms with E-state index in [1.165, 1.54) is 11.3 Å². The summed E-state index contributed by atoms with van der Waals surface area (Å²) >= 11 is 1.27. The molecule has 1 aliphatic heterocycles. The second-order valence-electron chi connectivity index (χ2n) is 6.16. The van der Waals surface area contributed by atoms with Gasteiger partial charge in [0.15, 0.2) is 5.78 Å². The van der Waals surface area contributed by atoms with Gasteiger partial charge >= 0.3 is 12.0 Å². The SMILES string of the molecule is CCOC(=O)c1sc(N2CCN(CC(=O)c3ccccc3)C2=O)cc1CC. The highest BCUT2D eigenvalue weighted by atomic mass is 32.1. The minimum Gasteiger partial charge on any atom is -0.462 e. The molecule has 7 heteroatoms. The van der Waals surface area contributed by atoms with Crippen LogP contribution >= 0.6 is 11.3 Å². The molecule has 2 aromatic rings. The lowest BCUT2D eigenvalue weighted by molar-refractivity contribution is 0.0531. The Hall–Kier alpha value is -2.67. The van der Waals surface area contributed by atoms with Gasteiger partial charge in [0.2, 0.25) is 0 Å². The van der Waals surface area contributed by atoms with E-state index < -0.39 is 0 Å². The van der Waals surface area contributed by atoms with Crippen molar-refractivity contribution in [2.75, 3.05) is 31.1 Å². The second-order valence-corrected chi connectivity index (χ2v) is 7.19. The number of amides is 2. The van der Waals surface area contributed by atoms with Crippen LogP contribution in [0.15, 0.2) is 36.4 Å². The van der Waals surface area contributed by atoms with Gasteiger partial charge in [0.25, 0.3) is 0 Å². The first-order chi connectivity index (χ1) is 13.0. The highest BCUT2D eigenvalue weighted by molar-refractivity contribution is 7.18. The van der Waals surface area contributed by atoms with Crippen molar-refractivity contribution in [3.05, 3.63) is 52.4 Å². The molecule has 1 saturated heterocycles. The fourth-order valence-corrected chi connectivity index (χ4v) is 4.17. The van der Waals surface area contributed by atoms with Crippen molar-refractivity contribution in [3.8, 4) is 0 Å². The zero-order valence-electron chi connectivity index (χ0n) is 15.4. The number of aryl methyl sites for hydroxylation is 1. The van der Waals surface area contributed by atoms with Gasteiger partial charge in [0.05, 0.1) is 13.2 Å². The second kappa shape index (κ2) is 8.35. The summed E-state index contributed by atoms with van der Waals surface area (Å²) in [7, 11) is 0. The molecule has 27 heavy (non-hydrogen) atoms. The maximum absolute atomic E-state index is 12.8. The fraction of sp³-hybridized carbons (Fsp3) is 0.350. The number of rotatable bonds is 7. The third kappa shape index (κ3) is 4.03. The average molecular weight is 386 g/mol. The van der Waals surface area contributed by atoms with E-state index in [1.54, 1.807) is 41.0 Å². The first kappa shape index (κ1) is 19.1. The van der Waals surface area contributed by atoms with Crippen molar-refractivity contribution >= 4 is 34.1 Å². The number of nitrogens with zero attached hydrogens (tertiary/aromatic N) is 2. The monoisotopic (exact) mass is 386 g/mol. The molecular weight excluding hydrogens is 364 g/mol. The van der Waals surface area contributed by atoms with E-state index in [2.05, 4.69) is 0 Å². The highest BCUT2D eigenvalue weighted by Crippen LogP contribution is 2.33. The first-order valence-electron chi connectivity index (χ1n) is 8.99. The molecule has 142 valence electrons. The molecule has 6 nitrogen and oxygen atoms in total. The molecule has 2 amide bonds. The predicted octanol–water partition coefficient (Wildman–Crippen LogP) is 3.61. The van der Waals surface area contributed by atoms with Gasteiger partial charge in [-0.25, -0.2) is 9.59 Å². The summed E-state index contributed by atoms with van der Waals surface area (Å²) in [6.07, 6.45) is 0.683. The van der Waals surface area contributed by atoms with Gasteiger partial charge in [0.1, 0.15) is 9.88 Å². The molecule has 2 heterocycles. The van der Waals surface area contributed by atoms with Crippen LogP contribution in [0, 0.1) is 0 Å². The van der Waals surface area contributed by atoms with E-state index in [-0.39, 0.29) is 24.3 Å². The van der Waals surface area contributed by atoms with Crippen LogP contribution in [0.2, 0.25) is 0 Å². The number of urea groups is 1. The number of hydrogen-bond donors (Lipinski definition) is 0. The van der Waals surface area contributed by atoms with Crippen LogP contribution < -0.4 is 4.90 Å². The summed E-state index contributed by atoms with van der Waals surface area (Å²) in [5, 5.41) is 0.717. The average Bonchev–Trinajstić information content (AvgIpc) is 3.26. The zero-order valence-corrected chi connectivity index (χ0v) is 16.3. The third-order valence-electron chi connectivity index (χ3n) is 4.43. The van der Waals surface area contributed by atoms with Crippen molar-refractivity contribution in [2.24, 2.45) is 0 Å². The Morgan fingerprint density at radius 1 is 1.15 bits per heavy atom. The number of esters is 1. The van der Waals surface area contributed by atoms with Gasteiger partial charge in [-0.2, -0.15) is 0 Å². The molecule has 0 bridgehead atoms. The number of ether oxygens (including phenoxy) is 1. The lowest BCUT2D eigenvalue weighted by Crippen LogP contribution is -2.35. The van der Waals surface area contributed by atoms with Crippen molar-refractivity contribution < 1.29 is 19.1 Å². The van der Waals surface area contributed by atoms with E-state index in [0.29, 0.717) is 36.6 Å². The van der Waals surface area contributed by atoms with E-state index in [9.17, 15) is 14.4 Å². The summed E-state index contributed by atoms with van der Waals surface area (Å²) < 4.78 is 5.11. The topological polar surface area (TPSA) is 66.9 Å². The smallest absolute Gasteiger partial charge is 0.348 e. The minimum atomic E-state index is -0.353.